The number of nitrogens with zero attached hydrogens (tertiary/aromatic N) is 5. The number of rotatable bonds is 8. The molecule has 264 valence electrons. The highest BCUT2D eigenvalue weighted by atomic mass is 15.2. The molecule has 0 aliphatic heterocycles. The molecule has 56 heavy (non-hydrogen) atoms. The van der Waals surface area contributed by atoms with Crippen LogP contribution in [0.5, 0.6) is 0 Å². The van der Waals surface area contributed by atoms with Crippen molar-refractivity contribution in [2.24, 2.45) is 0 Å². The van der Waals surface area contributed by atoms with E-state index < -0.39 is 0 Å². The van der Waals surface area contributed by atoms with Gasteiger partial charge < -0.3 is 4.90 Å². The van der Waals surface area contributed by atoms with Crippen LogP contribution < -0.4 is 4.90 Å². The third-order valence-electron chi connectivity index (χ3n) is 10.3. The average molecular weight is 718 g/mol. The second-order valence-electron chi connectivity index (χ2n) is 13.7. The van der Waals surface area contributed by atoms with Crippen molar-refractivity contribution in [3.05, 3.63) is 212 Å². The lowest BCUT2D eigenvalue weighted by molar-refractivity contribution is 0.953. The van der Waals surface area contributed by atoms with E-state index in [0.29, 0.717) is 17.6 Å². The highest BCUT2D eigenvalue weighted by molar-refractivity contribution is 6.11. The van der Waals surface area contributed by atoms with E-state index in [9.17, 15) is 0 Å². The number of aromatic nitrogens is 4. The summed E-state index contributed by atoms with van der Waals surface area (Å²) in [6.45, 7) is 0. The van der Waals surface area contributed by atoms with Gasteiger partial charge >= 0.3 is 0 Å². The van der Waals surface area contributed by atoms with Gasteiger partial charge in [-0.1, -0.05) is 170 Å². The molecule has 5 nitrogen and oxygen atoms in total. The van der Waals surface area contributed by atoms with E-state index in [2.05, 4.69) is 155 Å². The van der Waals surface area contributed by atoms with Crippen LogP contribution in [-0.2, 0) is 0 Å². The second kappa shape index (κ2) is 14.3. The lowest BCUT2D eigenvalue weighted by atomic mass is 9.99. The Morgan fingerprint density at radius 3 is 1.21 bits per heavy atom. The van der Waals surface area contributed by atoms with Crippen molar-refractivity contribution in [2.75, 3.05) is 4.90 Å². The van der Waals surface area contributed by atoms with Crippen molar-refractivity contribution in [1.29, 1.82) is 0 Å². The molecule has 0 atom stereocenters. The highest BCUT2D eigenvalue weighted by Gasteiger charge is 2.21. The molecule has 10 rings (SSSR count). The molecule has 0 saturated carbocycles. The van der Waals surface area contributed by atoms with Gasteiger partial charge in [0.1, 0.15) is 0 Å². The maximum absolute atomic E-state index is 5.24. The number of hydrogen-bond acceptors (Lipinski definition) is 4. The third-order valence-corrected chi connectivity index (χ3v) is 10.3. The minimum absolute atomic E-state index is 0.553. The highest BCUT2D eigenvalue weighted by Crippen LogP contribution is 2.40. The van der Waals surface area contributed by atoms with Gasteiger partial charge in [-0.3, -0.25) is 4.57 Å². The first-order chi connectivity index (χ1) is 27.8. The van der Waals surface area contributed by atoms with Gasteiger partial charge in [0, 0.05) is 39.0 Å². The largest absolute Gasteiger partial charge is 0.310 e. The maximum atomic E-state index is 5.24. The van der Waals surface area contributed by atoms with Gasteiger partial charge in [-0.15, -0.1) is 0 Å². The molecule has 0 aliphatic rings. The SMILES string of the molecule is c1ccc(-c2ccc(-c3ccc4c5ccc(N(c6ccccc6)c6ccccc6)cc5n(-c5nc(-c6ccccc6)nc(-c6ccccc6)n5)c4c3)cc2)cc1. The Labute approximate surface area is 325 Å². The minimum Gasteiger partial charge on any atom is -0.310 e. The Hall–Kier alpha value is -7.63. The van der Waals surface area contributed by atoms with Crippen molar-refractivity contribution in [3.8, 4) is 51.0 Å². The Kier molecular flexibility index (Phi) is 8.43. The zero-order valence-electron chi connectivity index (χ0n) is 30.4. The standard InChI is InChI=1S/C51H35N5/c1-6-16-36(17-7-1)37-26-28-38(29-27-37)41-30-32-45-46-33-31-44(55(42-22-12-4-13-23-42)43-24-14-5-15-25-43)35-48(46)56(47(45)34-41)51-53-49(39-18-8-2-9-19-39)52-50(54-51)40-20-10-3-11-21-40/h1-35H. The van der Waals surface area contributed by atoms with Gasteiger partial charge in [-0.2, -0.15) is 9.97 Å². The van der Waals surface area contributed by atoms with E-state index in [4.69, 9.17) is 15.0 Å². The van der Waals surface area contributed by atoms with E-state index in [1.807, 2.05) is 66.7 Å². The first-order valence-corrected chi connectivity index (χ1v) is 18.8. The van der Waals surface area contributed by atoms with Crippen molar-refractivity contribution in [1.82, 2.24) is 19.5 Å². The Morgan fingerprint density at radius 1 is 0.304 bits per heavy atom. The zero-order chi connectivity index (χ0) is 37.3. The van der Waals surface area contributed by atoms with E-state index in [1.54, 1.807) is 0 Å². The van der Waals surface area contributed by atoms with Crippen LogP contribution in [-0.4, -0.2) is 19.5 Å². The lowest BCUT2D eigenvalue weighted by Gasteiger charge is -2.25. The van der Waals surface area contributed by atoms with Gasteiger partial charge in [0.2, 0.25) is 5.95 Å². The molecule has 0 radical (unpaired) electrons. The molecule has 2 heterocycles. The molecule has 0 fully saturated rings. The Balaban J connectivity index is 1.23. The summed E-state index contributed by atoms with van der Waals surface area (Å²) in [4.78, 5) is 17.8. The molecule has 0 saturated heterocycles. The molecule has 2 aromatic heterocycles. The monoisotopic (exact) mass is 717 g/mol. The predicted molar refractivity (Wildman–Crippen MR) is 231 cm³/mol. The van der Waals surface area contributed by atoms with E-state index in [1.165, 1.54) is 11.1 Å². The summed E-state index contributed by atoms with van der Waals surface area (Å²) in [5.74, 6) is 1.78. The first kappa shape index (κ1) is 33.0. The molecular formula is C51H35N5. The van der Waals surface area contributed by atoms with Crippen molar-refractivity contribution in [3.63, 3.8) is 0 Å². The van der Waals surface area contributed by atoms with Crippen molar-refractivity contribution in [2.45, 2.75) is 0 Å². The van der Waals surface area contributed by atoms with Gasteiger partial charge in [-0.25, -0.2) is 4.98 Å². The molecular weight excluding hydrogens is 683 g/mol. The zero-order valence-corrected chi connectivity index (χ0v) is 30.4. The summed E-state index contributed by atoms with van der Waals surface area (Å²) in [7, 11) is 0. The third kappa shape index (κ3) is 6.17. The normalized spacial score (nSPS) is 11.2. The fourth-order valence-electron chi connectivity index (χ4n) is 7.53. The minimum atomic E-state index is 0.553. The van der Waals surface area contributed by atoms with Crippen LogP contribution in [0.3, 0.4) is 0 Å². The fraction of sp³-hybridized carbons (Fsp3) is 0. The van der Waals surface area contributed by atoms with Gasteiger partial charge in [-0.05, 0) is 64.7 Å². The summed E-state index contributed by atoms with van der Waals surface area (Å²) >= 11 is 0. The Morgan fingerprint density at radius 2 is 0.696 bits per heavy atom. The van der Waals surface area contributed by atoms with Crippen LogP contribution in [0.25, 0.3) is 72.8 Å². The second-order valence-corrected chi connectivity index (χ2v) is 13.7. The summed E-state index contributed by atoms with van der Waals surface area (Å²) in [5.41, 5.74) is 11.6. The molecule has 0 bridgehead atoms. The smallest absolute Gasteiger partial charge is 0.238 e. The topological polar surface area (TPSA) is 46.8 Å². The van der Waals surface area contributed by atoms with Gasteiger partial charge in [0.25, 0.3) is 0 Å². The van der Waals surface area contributed by atoms with Crippen LogP contribution in [0.4, 0.5) is 17.1 Å². The fourth-order valence-corrected chi connectivity index (χ4v) is 7.53. The van der Waals surface area contributed by atoms with Crippen LogP contribution in [0.1, 0.15) is 0 Å². The first-order valence-electron chi connectivity index (χ1n) is 18.8. The molecule has 0 spiro atoms. The van der Waals surface area contributed by atoms with Crippen LogP contribution in [0.2, 0.25) is 0 Å². The van der Waals surface area contributed by atoms with Crippen LogP contribution in [0, 0.1) is 0 Å². The number of anilines is 3. The quantitative estimate of drug-likeness (QED) is 0.157. The van der Waals surface area contributed by atoms with Crippen LogP contribution in [0.15, 0.2) is 212 Å². The maximum Gasteiger partial charge on any atom is 0.238 e. The summed E-state index contributed by atoms with van der Waals surface area (Å²) in [6, 6.07) is 74.0. The van der Waals surface area contributed by atoms with E-state index in [0.717, 1.165) is 61.1 Å². The lowest BCUT2D eigenvalue weighted by Crippen LogP contribution is -2.10. The molecule has 10 aromatic rings. The van der Waals surface area contributed by atoms with Crippen molar-refractivity contribution < 1.29 is 0 Å². The number of hydrogen-bond donors (Lipinski definition) is 0. The number of benzene rings is 8. The average Bonchev–Trinajstić information content (AvgIpc) is 3.61. The molecule has 0 N–H and O–H groups in total. The summed E-state index contributed by atoms with van der Waals surface area (Å²) in [6.07, 6.45) is 0. The number of fused-ring (bicyclic) bond motifs is 3. The van der Waals surface area contributed by atoms with E-state index in [-0.39, 0.29) is 0 Å². The molecule has 8 aromatic carbocycles. The molecule has 5 heteroatoms. The van der Waals surface area contributed by atoms with Gasteiger partial charge in [0.15, 0.2) is 11.6 Å². The number of para-hydroxylation sites is 2. The summed E-state index contributed by atoms with van der Waals surface area (Å²) in [5, 5.41) is 2.23. The molecule has 0 aliphatic carbocycles. The summed E-state index contributed by atoms with van der Waals surface area (Å²) < 4.78 is 2.21. The van der Waals surface area contributed by atoms with E-state index >= 15 is 0 Å². The van der Waals surface area contributed by atoms with Gasteiger partial charge in [0.05, 0.1) is 11.0 Å². The van der Waals surface area contributed by atoms with Crippen LogP contribution >= 0.6 is 0 Å². The molecule has 0 unspecified atom stereocenters. The Bertz CT molecular complexity index is 2830. The predicted octanol–water partition coefficient (Wildman–Crippen LogP) is 13.1. The molecule has 0 amide bonds. The van der Waals surface area contributed by atoms with Crippen molar-refractivity contribution >= 4 is 38.9 Å².